The van der Waals surface area contributed by atoms with Crippen LogP contribution in [0.1, 0.15) is 40.0 Å². The molecule has 0 aliphatic heterocycles. The molecule has 1 aliphatic carbocycles. The van der Waals surface area contributed by atoms with Crippen molar-refractivity contribution in [2.24, 2.45) is 5.41 Å². The second-order valence-electron chi connectivity index (χ2n) is 5.46. The van der Waals surface area contributed by atoms with Crippen LogP contribution in [-0.4, -0.2) is 41.1 Å². The third kappa shape index (κ3) is 4.24. The van der Waals surface area contributed by atoms with Crippen LogP contribution in [0, 0.1) is 5.41 Å². The van der Waals surface area contributed by atoms with E-state index in [1.807, 2.05) is 0 Å². The fourth-order valence-corrected chi connectivity index (χ4v) is 2.32. The lowest BCUT2D eigenvalue weighted by Crippen LogP contribution is -2.46. The summed E-state index contributed by atoms with van der Waals surface area (Å²) in [4.78, 5) is 23.7. The molecule has 98 valence electrons. The van der Waals surface area contributed by atoms with Crippen molar-refractivity contribution in [1.82, 2.24) is 10.2 Å². The molecule has 17 heavy (non-hydrogen) atoms. The number of carbonyl (C=O) groups excluding carboxylic acids is 1. The number of carboxylic acid groups (broad SMARTS) is 1. The number of amides is 2. The number of aliphatic carboxylic acids is 1. The van der Waals surface area contributed by atoms with Gasteiger partial charge in [0.1, 0.15) is 6.54 Å². The van der Waals surface area contributed by atoms with Crippen molar-refractivity contribution in [2.45, 2.75) is 46.1 Å². The Hall–Kier alpha value is -1.26. The molecule has 1 unspecified atom stereocenters. The molecule has 0 aromatic carbocycles. The Balaban J connectivity index is 2.45. The predicted octanol–water partition coefficient (Wildman–Crippen LogP) is 1.68. The van der Waals surface area contributed by atoms with Gasteiger partial charge >= 0.3 is 12.0 Å². The fourth-order valence-electron chi connectivity index (χ4n) is 2.32. The van der Waals surface area contributed by atoms with Crippen LogP contribution >= 0.6 is 0 Å². The predicted molar refractivity (Wildman–Crippen MR) is 64.8 cm³/mol. The zero-order chi connectivity index (χ0) is 13.1. The van der Waals surface area contributed by atoms with Gasteiger partial charge in [-0.05, 0) is 31.6 Å². The highest BCUT2D eigenvalue weighted by molar-refractivity contribution is 5.80. The number of urea groups is 1. The number of likely N-dealkylation sites (N-methyl/N-ethyl adjacent to an activating group) is 1. The van der Waals surface area contributed by atoms with E-state index in [0.717, 1.165) is 19.3 Å². The Morgan fingerprint density at radius 2 is 2.12 bits per heavy atom. The maximum Gasteiger partial charge on any atom is 0.323 e. The second-order valence-corrected chi connectivity index (χ2v) is 5.46. The molecule has 1 saturated carbocycles. The van der Waals surface area contributed by atoms with Gasteiger partial charge in [0.15, 0.2) is 0 Å². The summed E-state index contributed by atoms with van der Waals surface area (Å²) in [7, 11) is 0. The second kappa shape index (κ2) is 5.38. The van der Waals surface area contributed by atoms with Crippen molar-refractivity contribution >= 4 is 12.0 Å². The molecule has 2 amide bonds. The highest BCUT2D eigenvalue weighted by Gasteiger charge is 2.32. The number of hydrogen-bond acceptors (Lipinski definition) is 2. The summed E-state index contributed by atoms with van der Waals surface area (Å²) < 4.78 is 0. The van der Waals surface area contributed by atoms with Crippen LogP contribution in [0.2, 0.25) is 0 Å². The van der Waals surface area contributed by atoms with E-state index < -0.39 is 5.97 Å². The minimum Gasteiger partial charge on any atom is -0.480 e. The number of nitrogens with one attached hydrogen (secondary N) is 1. The van der Waals surface area contributed by atoms with Gasteiger partial charge in [-0.1, -0.05) is 13.8 Å². The molecule has 0 saturated heterocycles. The van der Waals surface area contributed by atoms with Crippen LogP contribution in [0.5, 0.6) is 0 Å². The van der Waals surface area contributed by atoms with Gasteiger partial charge in [0, 0.05) is 12.6 Å². The highest BCUT2D eigenvalue weighted by Crippen LogP contribution is 2.36. The molecular weight excluding hydrogens is 220 g/mol. The summed E-state index contributed by atoms with van der Waals surface area (Å²) in [6.07, 6.45) is 3.04. The normalized spacial score (nSPS) is 22.2. The molecule has 1 atom stereocenters. The summed E-state index contributed by atoms with van der Waals surface area (Å²) in [5, 5.41) is 11.6. The monoisotopic (exact) mass is 242 g/mol. The van der Waals surface area contributed by atoms with Crippen molar-refractivity contribution in [1.29, 1.82) is 0 Å². The van der Waals surface area contributed by atoms with E-state index in [1.165, 1.54) is 4.90 Å². The van der Waals surface area contributed by atoms with Crippen molar-refractivity contribution in [3.05, 3.63) is 0 Å². The molecule has 1 aliphatic rings. The van der Waals surface area contributed by atoms with E-state index in [0.29, 0.717) is 6.54 Å². The number of carbonyl (C=O) groups is 2. The van der Waals surface area contributed by atoms with Crippen LogP contribution in [-0.2, 0) is 4.79 Å². The lowest BCUT2D eigenvalue weighted by Gasteiger charge is -2.23. The number of hydrogen-bond donors (Lipinski definition) is 2. The molecule has 1 rings (SSSR count). The molecule has 0 aromatic rings. The lowest BCUT2D eigenvalue weighted by atomic mass is 9.92. The number of rotatable bonds is 4. The number of carboxylic acids is 1. The molecule has 0 spiro atoms. The Morgan fingerprint density at radius 1 is 1.47 bits per heavy atom. The van der Waals surface area contributed by atoms with Gasteiger partial charge in [-0.25, -0.2) is 4.79 Å². The first-order valence-electron chi connectivity index (χ1n) is 6.11. The summed E-state index contributed by atoms with van der Waals surface area (Å²) in [6, 6.07) is -0.0852. The highest BCUT2D eigenvalue weighted by atomic mass is 16.4. The molecule has 5 heteroatoms. The third-order valence-corrected chi connectivity index (χ3v) is 3.29. The summed E-state index contributed by atoms with van der Waals surface area (Å²) in [6.45, 7) is 6.33. The third-order valence-electron chi connectivity index (χ3n) is 3.29. The fraction of sp³-hybridized carbons (Fsp3) is 0.833. The van der Waals surface area contributed by atoms with Crippen LogP contribution in [0.25, 0.3) is 0 Å². The molecular formula is C12H22N2O3. The lowest BCUT2D eigenvalue weighted by molar-refractivity contribution is -0.137. The van der Waals surface area contributed by atoms with E-state index in [1.54, 1.807) is 6.92 Å². The van der Waals surface area contributed by atoms with Gasteiger partial charge in [0.05, 0.1) is 0 Å². The van der Waals surface area contributed by atoms with Gasteiger partial charge in [0.2, 0.25) is 0 Å². The Bertz CT molecular complexity index is 302. The van der Waals surface area contributed by atoms with Gasteiger partial charge in [-0.15, -0.1) is 0 Å². The Kier molecular flexibility index (Phi) is 4.37. The van der Waals surface area contributed by atoms with Crippen molar-refractivity contribution in [3.8, 4) is 0 Å². The summed E-state index contributed by atoms with van der Waals surface area (Å²) in [5.41, 5.74) is 0.280. The van der Waals surface area contributed by atoms with Gasteiger partial charge in [0.25, 0.3) is 0 Å². The average molecular weight is 242 g/mol. The van der Waals surface area contributed by atoms with E-state index in [-0.39, 0.29) is 24.0 Å². The van der Waals surface area contributed by atoms with Crippen LogP contribution < -0.4 is 5.32 Å². The van der Waals surface area contributed by atoms with Crippen molar-refractivity contribution in [3.63, 3.8) is 0 Å². The van der Waals surface area contributed by atoms with Crippen LogP contribution in [0.3, 0.4) is 0 Å². The Labute approximate surface area is 102 Å². The first kappa shape index (κ1) is 13.8. The maximum atomic E-state index is 11.8. The zero-order valence-electron chi connectivity index (χ0n) is 10.8. The largest absolute Gasteiger partial charge is 0.480 e. The Morgan fingerprint density at radius 3 is 2.53 bits per heavy atom. The van der Waals surface area contributed by atoms with E-state index in [4.69, 9.17) is 5.11 Å². The van der Waals surface area contributed by atoms with E-state index >= 15 is 0 Å². The summed E-state index contributed by atoms with van der Waals surface area (Å²) >= 11 is 0. The minimum atomic E-state index is -0.978. The average Bonchev–Trinajstić information content (AvgIpc) is 2.54. The molecule has 2 N–H and O–H groups in total. The van der Waals surface area contributed by atoms with Crippen LogP contribution in [0.15, 0.2) is 0 Å². The molecule has 0 aromatic heterocycles. The van der Waals surface area contributed by atoms with Gasteiger partial charge < -0.3 is 15.3 Å². The summed E-state index contributed by atoms with van der Waals surface area (Å²) in [5.74, 6) is -0.978. The number of nitrogens with zero attached hydrogens (tertiary/aromatic N) is 1. The maximum absolute atomic E-state index is 11.8. The van der Waals surface area contributed by atoms with Gasteiger partial charge in [-0.2, -0.15) is 0 Å². The van der Waals surface area contributed by atoms with E-state index in [2.05, 4.69) is 19.2 Å². The first-order valence-corrected chi connectivity index (χ1v) is 6.11. The molecule has 0 heterocycles. The topological polar surface area (TPSA) is 69.6 Å². The molecule has 0 bridgehead atoms. The van der Waals surface area contributed by atoms with Gasteiger partial charge in [-0.3, -0.25) is 4.79 Å². The quantitative estimate of drug-likeness (QED) is 0.788. The van der Waals surface area contributed by atoms with E-state index in [9.17, 15) is 9.59 Å². The molecule has 0 radical (unpaired) electrons. The van der Waals surface area contributed by atoms with Crippen molar-refractivity contribution < 1.29 is 14.7 Å². The smallest absolute Gasteiger partial charge is 0.323 e. The zero-order valence-corrected chi connectivity index (χ0v) is 10.8. The first-order chi connectivity index (χ1) is 7.84. The standard InChI is InChI=1S/C12H22N2O3/c1-4-14(8-10(15)16)11(17)13-9-5-6-12(2,3)7-9/h9H,4-8H2,1-3H3,(H,13,17)(H,15,16). The SMILES string of the molecule is CCN(CC(=O)O)C(=O)NC1CCC(C)(C)C1. The minimum absolute atomic E-state index is 0.181. The molecule has 1 fully saturated rings. The van der Waals surface area contributed by atoms with Crippen molar-refractivity contribution in [2.75, 3.05) is 13.1 Å². The molecule has 5 nitrogen and oxygen atoms in total. The van der Waals surface area contributed by atoms with Crippen LogP contribution in [0.4, 0.5) is 4.79 Å².